The molecule has 0 spiro atoms. The summed E-state index contributed by atoms with van der Waals surface area (Å²) in [5, 5.41) is 4.09. The molecule has 1 aliphatic heterocycles. The van der Waals surface area contributed by atoms with Crippen LogP contribution in [0.4, 0.5) is 10.5 Å². The Morgan fingerprint density at radius 3 is 2.41 bits per heavy atom. The number of thiazole rings is 1. The number of hydrazone groups is 1. The first kappa shape index (κ1) is 21.3. The van der Waals surface area contributed by atoms with E-state index in [0.29, 0.717) is 22.3 Å². The number of aromatic nitrogens is 1. The van der Waals surface area contributed by atoms with Crippen molar-refractivity contribution in [1.29, 1.82) is 0 Å². The molecule has 1 atom stereocenters. The third-order valence-corrected chi connectivity index (χ3v) is 6.10. The molecule has 4 rings (SSSR count). The lowest BCUT2D eigenvalue weighted by Gasteiger charge is -2.30. The van der Waals surface area contributed by atoms with E-state index in [4.69, 9.17) is 5.84 Å². The van der Waals surface area contributed by atoms with Crippen LogP contribution in [0.2, 0.25) is 0 Å². The summed E-state index contributed by atoms with van der Waals surface area (Å²) in [6.45, 7) is 3.45. The molecular weight excluding hydrogens is 432 g/mol. The van der Waals surface area contributed by atoms with Gasteiger partial charge in [-0.3, -0.25) is 19.8 Å². The molecule has 11 heteroatoms. The largest absolute Gasteiger partial charge is 0.349 e. The van der Waals surface area contributed by atoms with Crippen LogP contribution in [-0.2, 0) is 14.4 Å². The molecule has 1 unspecified atom stereocenters. The normalized spacial score (nSPS) is 17.8. The molecule has 4 N–H and O–H groups in total. The molecule has 1 aromatic heterocycles. The van der Waals surface area contributed by atoms with Crippen molar-refractivity contribution in [1.82, 2.24) is 15.8 Å². The highest BCUT2D eigenvalue weighted by Gasteiger charge is 2.49. The Balaban J connectivity index is 1.87. The number of piperidine rings is 1. The fourth-order valence-electron chi connectivity index (χ4n) is 3.55. The number of para-hydroxylation sites is 2. The minimum Gasteiger partial charge on any atom is -0.287 e. The van der Waals surface area contributed by atoms with Crippen LogP contribution < -0.4 is 21.6 Å². The summed E-state index contributed by atoms with van der Waals surface area (Å²) in [4.78, 5) is 56.7. The number of Topliss-reactive ketones (excluding diaryl/α,β-unsaturated/α-hetero) is 1. The van der Waals surface area contributed by atoms with Gasteiger partial charge in [-0.05, 0) is 37.1 Å². The number of aryl methyl sites for hydroxylation is 2. The van der Waals surface area contributed by atoms with Crippen molar-refractivity contribution in [3.05, 3.63) is 58.6 Å². The number of anilines is 1. The third-order valence-electron chi connectivity index (χ3n) is 5.00. The second-order valence-corrected chi connectivity index (χ2v) is 8.15. The van der Waals surface area contributed by atoms with Crippen LogP contribution in [0, 0.1) is 13.8 Å². The molecule has 0 saturated carbocycles. The van der Waals surface area contributed by atoms with E-state index < -0.39 is 29.5 Å². The first-order valence-corrected chi connectivity index (χ1v) is 10.3. The van der Waals surface area contributed by atoms with Crippen LogP contribution in [0.25, 0.3) is 10.2 Å². The molecule has 1 aliphatic rings. The SMILES string of the molecule is Cc1cccc(C)c1N1C(=O)C(=O)C(c2nc3ccccc3s2)/C(=N/NC(=O)NN)C1=O. The average Bonchev–Trinajstić information content (AvgIpc) is 3.20. The second kappa shape index (κ2) is 8.29. The lowest BCUT2D eigenvalue weighted by molar-refractivity contribution is -0.139. The molecule has 162 valence electrons. The van der Waals surface area contributed by atoms with Gasteiger partial charge in [0, 0.05) is 0 Å². The van der Waals surface area contributed by atoms with Gasteiger partial charge < -0.3 is 0 Å². The molecule has 2 heterocycles. The van der Waals surface area contributed by atoms with E-state index in [1.54, 1.807) is 44.2 Å². The summed E-state index contributed by atoms with van der Waals surface area (Å²) < 4.78 is 0.777. The standard InChI is InChI=1S/C21H18N6O4S/c1-10-6-5-7-11(2)16(10)27-19(29)15(25-26-21(31)24-22)14(17(28)20(27)30)18-23-12-8-3-4-9-13(12)32-18/h3-9,14H,22H2,1-2H3,(H2,24,26,31)/b25-15-. The van der Waals surface area contributed by atoms with E-state index in [-0.39, 0.29) is 10.7 Å². The zero-order chi connectivity index (χ0) is 23.0. The van der Waals surface area contributed by atoms with Crippen molar-refractivity contribution < 1.29 is 19.2 Å². The summed E-state index contributed by atoms with van der Waals surface area (Å²) >= 11 is 1.17. The predicted molar refractivity (Wildman–Crippen MR) is 119 cm³/mol. The highest BCUT2D eigenvalue weighted by molar-refractivity contribution is 7.19. The summed E-state index contributed by atoms with van der Waals surface area (Å²) in [6.07, 6.45) is 0. The topological polar surface area (TPSA) is 147 Å². The van der Waals surface area contributed by atoms with Gasteiger partial charge in [-0.15, -0.1) is 11.3 Å². The number of hydrogen-bond donors (Lipinski definition) is 3. The number of imide groups is 1. The van der Waals surface area contributed by atoms with Gasteiger partial charge in [0.2, 0.25) is 5.78 Å². The number of carbonyl (C=O) groups is 4. The van der Waals surface area contributed by atoms with E-state index in [1.165, 1.54) is 11.3 Å². The fraction of sp³-hybridized carbons (Fsp3) is 0.143. The Morgan fingerprint density at radius 1 is 1.06 bits per heavy atom. The van der Waals surface area contributed by atoms with Crippen LogP contribution in [0.15, 0.2) is 47.6 Å². The highest BCUT2D eigenvalue weighted by Crippen LogP contribution is 2.35. The predicted octanol–water partition coefficient (Wildman–Crippen LogP) is 1.67. The number of carbonyl (C=O) groups excluding carboxylic acids is 4. The molecule has 1 fully saturated rings. The summed E-state index contributed by atoms with van der Waals surface area (Å²) in [5.74, 6) is 1.03. The van der Waals surface area contributed by atoms with Crippen LogP contribution in [-0.4, -0.2) is 34.3 Å². The first-order chi connectivity index (χ1) is 15.3. The quantitative estimate of drug-likeness (QED) is 0.182. The van der Waals surface area contributed by atoms with Crippen molar-refractivity contribution in [3.63, 3.8) is 0 Å². The molecule has 0 bridgehead atoms. The number of rotatable bonds is 3. The Bertz CT molecular complexity index is 1260. The summed E-state index contributed by atoms with van der Waals surface area (Å²) in [6, 6.07) is 11.5. The number of benzene rings is 2. The monoisotopic (exact) mass is 450 g/mol. The zero-order valence-electron chi connectivity index (χ0n) is 17.1. The number of ketones is 1. The minimum absolute atomic E-state index is 0.229. The number of urea groups is 1. The molecule has 3 aromatic rings. The Morgan fingerprint density at radius 2 is 1.75 bits per heavy atom. The molecule has 32 heavy (non-hydrogen) atoms. The second-order valence-electron chi connectivity index (χ2n) is 7.09. The first-order valence-electron chi connectivity index (χ1n) is 9.52. The van der Waals surface area contributed by atoms with Crippen LogP contribution in [0.1, 0.15) is 22.1 Å². The van der Waals surface area contributed by atoms with E-state index in [0.717, 1.165) is 9.60 Å². The molecule has 4 amide bonds. The van der Waals surface area contributed by atoms with Crippen molar-refractivity contribution in [2.45, 2.75) is 19.8 Å². The molecule has 10 nitrogen and oxygen atoms in total. The molecule has 0 radical (unpaired) electrons. The van der Waals surface area contributed by atoms with Crippen molar-refractivity contribution in [2.24, 2.45) is 10.9 Å². The van der Waals surface area contributed by atoms with Gasteiger partial charge in [-0.2, -0.15) is 5.10 Å². The van der Waals surface area contributed by atoms with E-state index >= 15 is 0 Å². The number of nitrogens with two attached hydrogens (primary N) is 1. The minimum atomic E-state index is -1.36. The van der Waals surface area contributed by atoms with Gasteiger partial charge in [-0.25, -0.2) is 25.9 Å². The van der Waals surface area contributed by atoms with Crippen LogP contribution >= 0.6 is 11.3 Å². The Kier molecular flexibility index (Phi) is 5.51. The van der Waals surface area contributed by atoms with E-state index in [1.807, 2.05) is 17.6 Å². The lowest BCUT2D eigenvalue weighted by Crippen LogP contribution is -2.56. The van der Waals surface area contributed by atoms with Gasteiger partial charge >= 0.3 is 11.9 Å². The van der Waals surface area contributed by atoms with Crippen molar-refractivity contribution in [2.75, 3.05) is 4.90 Å². The van der Waals surface area contributed by atoms with Gasteiger partial charge in [0.25, 0.3) is 5.91 Å². The molecular formula is C21H18N6O4S. The summed E-state index contributed by atoms with van der Waals surface area (Å²) in [7, 11) is 0. The maximum absolute atomic E-state index is 13.5. The maximum Gasteiger partial charge on any atom is 0.349 e. The molecule has 1 saturated heterocycles. The van der Waals surface area contributed by atoms with E-state index in [2.05, 4.69) is 15.5 Å². The van der Waals surface area contributed by atoms with Crippen LogP contribution in [0.3, 0.4) is 0 Å². The maximum atomic E-state index is 13.5. The number of nitrogens with zero attached hydrogens (tertiary/aromatic N) is 3. The highest BCUT2D eigenvalue weighted by atomic mass is 32.1. The molecule has 2 aromatic carbocycles. The van der Waals surface area contributed by atoms with E-state index in [9.17, 15) is 19.2 Å². The Labute approximate surface area is 186 Å². The lowest BCUT2D eigenvalue weighted by atomic mass is 9.91. The third kappa shape index (κ3) is 3.53. The number of fused-ring (bicyclic) bond motifs is 1. The Hall–Kier alpha value is -3.96. The smallest absolute Gasteiger partial charge is 0.287 e. The van der Waals surface area contributed by atoms with Gasteiger partial charge in [0.05, 0.1) is 15.9 Å². The number of amides is 4. The fourth-order valence-corrected chi connectivity index (χ4v) is 4.62. The number of nitrogens with one attached hydrogen (secondary N) is 2. The van der Waals surface area contributed by atoms with Crippen molar-refractivity contribution in [3.8, 4) is 0 Å². The van der Waals surface area contributed by atoms with Crippen molar-refractivity contribution >= 4 is 56.6 Å². The summed E-state index contributed by atoms with van der Waals surface area (Å²) in [5.41, 5.74) is 5.75. The van der Waals surface area contributed by atoms with Gasteiger partial charge in [-0.1, -0.05) is 30.3 Å². The van der Waals surface area contributed by atoms with Crippen LogP contribution in [0.5, 0.6) is 0 Å². The van der Waals surface area contributed by atoms with Gasteiger partial charge in [0.15, 0.2) is 0 Å². The zero-order valence-corrected chi connectivity index (χ0v) is 17.9. The molecule has 0 aliphatic carbocycles. The number of hydrogen-bond acceptors (Lipinski definition) is 8. The number of hydrazine groups is 1. The van der Waals surface area contributed by atoms with Gasteiger partial charge in [0.1, 0.15) is 16.6 Å². The average molecular weight is 450 g/mol.